The molecule has 0 aliphatic heterocycles. The molecule has 1 heterocycles. The molecule has 102 valence electrons. The third-order valence-corrected chi connectivity index (χ3v) is 2.63. The summed E-state index contributed by atoms with van der Waals surface area (Å²) in [5.41, 5.74) is -1.54. The molecule has 3 nitrogen and oxygen atoms in total. The van der Waals surface area contributed by atoms with E-state index in [2.05, 4.69) is 0 Å². The van der Waals surface area contributed by atoms with Crippen LogP contribution in [-0.4, -0.2) is 16.3 Å². The van der Waals surface area contributed by atoms with Crippen molar-refractivity contribution in [2.45, 2.75) is 38.4 Å². The van der Waals surface area contributed by atoms with Crippen molar-refractivity contribution in [2.75, 3.05) is 6.61 Å². The second-order valence-corrected chi connectivity index (χ2v) is 4.04. The number of halogens is 3. The van der Waals surface area contributed by atoms with Crippen LogP contribution in [0.1, 0.15) is 31.4 Å². The highest BCUT2D eigenvalue weighted by molar-refractivity contribution is 5.10. The van der Waals surface area contributed by atoms with Crippen LogP contribution in [0.4, 0.5) is 13.2 Å². The Labute approximate surface area is 103 Å². The molecule has 0 bridgehead atoms. The van der Waals surface area contributed by atoms with E-state index in [1.807, 2.05) is 0 Å². The minimum atomic E-state index is -4.51. The lowest BCUT2D eigenvalue weighted by Gasteiger charge is -2.14. The van der Waals surface area contributed by atoms with Crippen molar-refractivity contribution >= 4 is 0 Å². The quantitative estimate of drug-likeness (QED) is 0.801. The van der Waals surface area contributed by atoms with Crippen LogP contribution in [0.5, 0.6) is 0 Å². The van der Waals surface area contributed by atoms with Crippen LogP contribution in [0.15, 0.2) is 23.0 Å². The summed E-state index contributed by atoms with van der Waals surface area (Å²) in [5.74, 6) is 0. The SMILES string of the molecule is O=c1cccc(C(F)(F)F)n1CCCCCCO. The van der Waals surface area contributed by atoms with Gasteiger partial charge in [0.25, 0.3) is 5.56 Å². The van der Waals surface area contributed by atoms with Crippen LogP contribution in [0.2, 0.25) is 0 Å². The smallest absolute Gasteiger partial charge is 0.396 e. The molecule has 1 rings (SSSR count). The van der Waals surface area contributed by atoms with Gasteiger partial charge in [0.15, 0.2) is 0 Å². The molecular weight excluding hydrogens is 247 g/mol. The molecule has 0 aromatic carbocycles. The molecule has 1 aromatic heterocycles. The van der Waals surface area contributed by atoms with Gasteiger partial charge < -0.3 is 9.67 Å². The Hall–Kier alpha value is -1.30. The second kappa shape index (κ2) is 6.58. The van der Waals surface area contributed by atoms with Crippen molar-refractivity contribution < 1.29 is 18.3 Å². The summed E-state index contributed by atoms with van der Waals surface area (Å²) in [6.45, 7) is 0.138. The molecular formula is C12H16F3NO2. The first-order chi connectivity index (χ1) is 8.46. The molecule has 18 heavy (non-hydrogen) atoms. The largest absolute Gasteiger partial charge is 0.431 e. The standard InChI is InChI=1S/C12H16F3NO2/c13-12(14,15)10-6-5-7-11(18)16(10)8-3-1-2-4-9-17/h5-7,17H,1-4,8-9H2. The number of unbranched alkanes of at least 4 members (excludes halogenated alkanes) is 3. The first-order valence-corrected chi connectivity index (χ1v) is 5.84. The molecule has 0 unspecified atom stereocenters. The lowest BCUT2D eigenvalue weighted by atomic mass is 10.2. The normalized spacial score (nSPS) is 11.8. The van der Waals surface area contributed by atoms with Crippen LogP contribution < -0.4 is 5.56 Å². The fourth-order valence-electron chi connectivity index (χ4n) is 1.73. The summed E-state index contributed by atoms with van der Waals surface area (Å²) in [7, 11) is 0. The van der Waals surface area contributed by atoms with Gasteiger partial charge in [0.1, 0.15) is 5.69 Å². The van der Waals surface area contributed by atoms with E-state index in [-0.39, 0.29) is 13.2 Å². The molecule has 0 spiro atoms. The Kier molecular flexibility index (Phi) is 5.40. The minimum Gasteiger partial charge on any atom is -0.396 e. The predicted octanol–water partition coefficient (Wildman–Crippen LogP) is 2.42. The number of aliphatic hydroxyl groups excluding tert-OH is 1. The van der Waals surface area contributed by atoms with Gasteiger partial charge in [-0.1, -0.05) is 18.9 Å². The molecule has 0 radical (unpaired) electrons. The maximum atomic E-state index is 12.7. The van der Waals surface area contributed by atoms with Crippen molar-refractivity contribution in [3.05, 3.63) is 34.2 Å². The highest BCUT2D eigenvalue weighted by Crippen LogP contribution is 2.28. The van der Waals surface area contributed by atoms with E-state index in [0.29, 0.717) is 19.3 Å². The molecule has 0 fully saturated rings. The van der Waals surface area contributed by atoms with Crippen molar-refractivity contribution in [2.24, 2.45) is 0 Å². The first-order valence-electron chi connectivity index (χ1n) is 5.84. The zero-order valence-electron chi connectivity index (χ0n) is 9.91. The van der Waals surface area contributed by atoms with Gasteiger partial charge in [-0.25, -0.2) is 0 Å². The summed E-state index contributed by atoms with van der Waals surface area (Å²) in [6, 6.07) is 3.16. The maximum Gasteiger partial charge on any atom is 0.431 e. The topological polar surface area (TPSA) is 42.2 Å². The third-order valence-electron chi connectivity index (χ3n) is 2.63. The van der Waals surface area contributed by atoms with Gasteiger partial charge in [0.05, 0.1) is 0 Å². The Morgan fingerprint density at radius 2 is 1.78 bits per heavy atom. The Bertz CT molecular complexity index is 426. The van der Waals surface area contributed by atoms with Gasteiger partial charge in [0, 0.05) is 19.2 Å². The van der Waals surface area contributed by atoms with Gasteiger partial charge in [-0.15, -0.1) is 0 Å². The number of alkyl halides is 3. The number of pyridine rings is 1. The number of aliphatic hydroxyl groups is 1. The average Bonchev–Trinajstić information content (AvgIpc) is 2.29. The third kappa shape index (κ3) is 4.18. The predicted molar refractivity (Wildman–Crippen MR) is 61.3 cm³/mol. The number of aromatic nitrogens is 1. The molecule has 1 N–H and O–H groups in total. The lowest BCUT2D eigenvalue weighted by Crippen LogP contribution is -2.27. The molecule has 0 aliphatic rings. The van der Waals surface area contributed by atoms with E-state index in [1.165, 1.54) is 0 Å². The van der Waals surface area contributed by atoms with E-state index < -0.39 is 17.4 Å². The van der Waals surface area contributed by atoms with Crippen molar-refractivity contribution in [3.63, 3.8) is 0 Å². The molecule has 0 aliphatic carbocycles. The van der Waals surface area contributed by atoms with Crippen molar-refractivity contribution in [1.29, 1.82) is 0 Å². The number of hydrogen-bond donors (Lipinski definition) is 1. The van der Waals surface area contributed by atoms with Gasteiger partial charge in [-0.3, -0.25) is 4.79 Å². The second-order valence-electron chi connectivity index (χ2n) is 4.04. The van der Waals surface area contributed by atoms with Crippen LogP contribution in [0.25, 0.3) is 0 Å². The van der Waals surface area contributed by atoms with Crippen LogP contribution >= 0.6 is 0 Å². The highest BCUT2D eigenvalue weighted by Gasteiger charge is 2.33. The average molecular weight is 263 g/mol. The number of hydrogen-bond acceptors (Lipinski definition) is 2. The molecule has 0 saturated heterocycles. The highest BCUT2D eigenvalue weighted by atomic mass is 19.4. The van der Waals surface area contributed by atoms with E-state index in [0.717, 1.165) is 29.2 Å². The lowest BCUT2D eigenvalue weighted by molar-refractivity contribution is -0.144. The summed E-state index contributed by atoms with van der Waals surface area (Å²) < 4.78 is 38.8. The monoisotopic (exact) mass is 263 g/mol. The van der Waals surface area contributed by atoms with Crippen LogP contribution in [0.3, 0.4) is 0 Å². The van der Waals surface area contributed by atoms with Crippen molar-refractivity contribution in [1.82, 2.24) is 4.57 Å². The summed E-state index contributed by atoms with van der Waals surface area (Å²) in [6.07, 6.45) is -1.94. The van der Waals surface area contributed by atoms with Gasteiger partial charge in [-0.2, -0.15) is 13.2 Å². The van der Waals surface area contributed by atoms with Crippen molar-refractivity contribution in [3.8, 4) is 0 Å². The van der Waals surface area contributed by atoms with Gasteiger partial charge in [-0.05, 0) is 18.9 Å². The van der Waals surface area contributed by atoms with E-state index in [1.54, 1.807) is 0 Å². The molecule has 1 aromatic rings. The van der Waals surface area contributed by atoms with Crippen LogP contribution in [0, 0.1) is 0 Å². The molecule has 6 heteroatoms. The van der Waals surface area contributed by atoms with Gasteiger partial charge in [0.2, 0.25) is 0 Å². The summed E-state index contributed by atoms with van der Waals surface area (Å²) in [5, 5.41) is 8.57. The molecule has 0 saturated carbocycles. The van der Waals surface area contributed by atoms with E-state index >= 15 is 0 Å². The number of rotatable bonds is 6. The van der Waals surface area contributed by atoms with Gasteiger partial charge >= 0.3 is 6.18 Å². The summed E-state index contributed by atoms with van der Waals surface area (Å²) in [4.78, 5) is 11.4. The fraction of sp³-hybridized carbons (Fsp3) is 0.583. The zero-order chi connectivity index (χ0) is 13.6. The minimum absolute atomic E-state index is 0.0555. The molecule has 0 atom stereocenters. The maximum absolute atomic E-state index is 12.7. The Morgan fingerprint density at radius 3 is 2.39 bits per heavy atom. The van der Waals surface area contributed by atoms with Crippen LogP contribution in [-0.2, 0) is 12.7 Å². The fourth-order valence-corrected chi connectivity index (χ4v) is 1.73. The Balaban J connectivity index is 2.72. The first kappa shape index (κ1) is 14.8. The Morgan fingerprint density at radius 1 is 1.11 bits per heavy atom. The zero-order valence-corrected chi connectivity index (χ0v) is 9.91. The summed E-state index contributed by atoms with van der Waals surface area (Å²) >= 11 is 0. The van der Waals surface area contributed by atoms with E-state index in [4.69, 9.17) is 5.11 Å². The number of nitrogens with zero attached hydrogens (tertiary/aromatic N) is 1. The van der Waals surface area contributed by atoms with E-state index in [9.17, 15) is 18.0 Å². The molecule has 0 amide bonds.